The van der Waals surface area contributed by atoms with Gasteiger partial charge in [0.25, 0.3) is 5.91 Å². The molecule has 0 unspecified atom stereocenters. The molecule has 1 amide bonds. The average molecular weight is 442 g/mol. The second kappa shape index (κ2) is 8.89. The molecule has 1 aliphatic rings. The zero-order valence-electron chi connectivity index (χ0n) is 17.2. The first-order valence-electron chi connectivity index (χ1n) is 9.92. The smallest absolute Gasteiger partial charge is 0.262 e. The molecule has 3 heterocycles. The second-order valence-electron chi connectivity index (χ2n) is 7.23. The van der Waals surface area contributed by atoms with Crippen LogP contribution in [0.5, 0.6) is 0 Å². The number of anilines is 2. The predicted octanol–water partition coefficient (Wildman–Crippen LogP) is 4.71. The number of hydrogen-bond donors (Lipinski definition) is 1. The molecule has 0 radical (unpaired) electrons. The Bertz CT molecular complexity index is 1120. The van der Waals surface area contributed by atoms with Gasteiger partial charge < -0.3 is 10.2 Å². The molecule has 0 atom stereocenters. The van der Waals surface area contributed by atoms with E-state index in [4.69, 9.17) is 0 Å². The lowest BCUT2D eigenvalue weighted by Crippen LogP contribution is -2.31. The number of aryl methyl sites for hydroxylation is 1. The second-order valence-corrected chi connectivity index (χ2v) is 8.32. The van der Waals surface area contributed by atoms with Crippen molar-refractivity contribution in [2.24, 2.45) is 0 Å². The Morgan fingerprint density at radius 1 is 1.16 bits per heavy atom. The number of carbonyl (C=O) groups is 1. The maximum Gasteiger partial charge on any atom is 0.262 e. The molecule has 1 N–H and O–H groups in total. The Balaban J connectivity index is 1.50. The molecular weight excluding hydrogens is 420 g/mol. The zero-order chi connectivity index (χ0) is 22.0. The van der Waals surface area contributed by atoms with Crippen LogP contribution < -0.4 is 10.2 Å². The number of nitrogens with zero attached hydrogens (tertiary/aromatic N) is 4. The lowest BCUT2D eigenvalue weighted by Gasteiger charge is -2.29. The average Bonchev–Trinajstić information content (AvgIpc) is 3.24. The molecule has 0 aliphatic carbocycles. The van der Waals surface area contributed by atoms with E-state index < -0.39 is 23.1 Å². The number of rotatable bonds is 5. The fraction of sp³-hybridized carbons (Fsp3) is 0.273. The summed E-state index contributed by atoms with van der Waals surface area (Å²) in [6.07, 6.45) is 6.73. The first-order chi connectivity index (χ1) is 15.0. The van der Waals surface area contributed by atoms with E-state index in [-0.39, 0.29) is 5.82 Å². The molecule has 0 fully saturated rings. The molecule has 31 heavy (non-hydrogen) atoms. The lowest BCUT2D eigenvalue weighted by molar-refractivity contribution is 0.101. The molecule has 1 aromatic carbocycles. The van der Waals surface area contributed by atoms with Gasteiger partial charge in [-0.1, -0.05) is 18.6 Å². The SMILES string of the molecule is CCc1cnc(N2CCC(C)=C(c3cnc(NC(=O)c4c(F)cccc4F)cn3)C2)s1. The number of nitrogens with one attached hydrogen (secondary N) is 1. The Labute approximate surface area is 182 Å². The summed E-state index contributed by atoms with van der Waals surface area (Å²) in [4.78, 5) is 28.9. The largest absolute Gasteiger partial charge is 0.343 e. The monoisotopic (exact) mass is 441 g/mol. The van der Waals surface area contributed by atoms with E-state index in [0.717, 1.165) is 42.2 Å². The normalized spacial score (nSPS) is 14.1. The molecule has 1 aliphatic heterocycles. The third-order valence-corrected chi connectivity index (χ3v) is 6.38. The van der Waals surface area contributed by atoms with Crippen LogP contribution in [0.4, 0.5) is 19.7 Å². The van der Waals surface area contributed by atoms with Crippen molar-refractivity contribution in [3.05, 3.63) is 70.1 Å². The first-order valence-corrected chi connectivity index (χ1v) is 10.7. The molecule has 0 spiro atoms. The molecular formula is C22H21F2N5OS. The number of hydrogen-bond acceptors (Lipinski definition) is 6. The highest BCUT2D eigenvalue weighted by atomic mass is 32.1. The molecule has 9 heteroatoms. The maximum atomic E-state index is 13.8. The van der Waals surface area contributed by atoms with Crippen LogP contribution in [0, 0.1) is 11.6 Å². The zero-order valence-corrected chi connectivity index (χ0v) is 18.0. The van der Waals surface area contributed by atoms with Gasteiger partial charge in [-0.05, 0) is 37.5 Å². The number of carbonyl (C=O) groups excluding carboxylic acids is 1. The number of aromatic nitrogens is 3. The fourth-order valence-electron chi connectivity index (χ4n) is 3.37. The third-order valence-electron chi connectivity index (χ3n) is 5.17. The topological polar surface area (TPSA) is 71.0 Å². The summed E-state index contributed by atoms with van der Waals surface area (Å²) in [6.45, 7) is 5.74. The van der Waals surface area contributed by atoms with Crippen LogP contribution in [0.1, 0.15) is 41.2 Å². The fourth-order valence-corrected chi connectivity index (χ4v) is 4.24. The van der Waals surface area contributed by atoms with Gasteiger partial charge in [-0.25, -0.2) is 18.7 Å². The van der Waals surface area contributed by atoms with Crippen LogP contribution in [0.2, 0.25) is 0 Å². The van der Waals surface area contributed by atoms with Crippen molar-refractivity contribution in [2.45, 2.75) is 26.7 Å². The standard InChI is InChI=1S/C22H21F2N5OS/c1-3-14-9-27-22(31-14)29-8-7-13(2)15(12-29)18-10-26-19(11-25-18)28-21(30)20-16(23)5-4-6-17(20)24/h4-6,9-11H,3,7-8,12H2,1-2H3,(H,26,28,30). The Kier molecular flexibility index (Phi) is 6.03. The summed E-state index contributed by atoms with van der Waals surface area (Å²) in [5.41, 5.74) is 2.34. The van der Waals surface area contributed by atoms with Crippen molar-refractivity contribution in [2.75, 3.05) is 23.3 Å². The molecule has 3 aromatic rings. The highest BCUT2D eigenvalue weighted by Gasteiger charge is 2.22. The van der Waals surface area contributed by atoms with E-state index in [1.54, 1.807) is 17.5 Å². The van der Waals surface area contributed by atoms with Gasteiger partial charge in [-0.15, -0.1) is 11.3 Å². The minimum absolute atomic E-state index is 0.120. The van der Waals surface area contributed by atoms with Crippen molar-refractivity contribution in [3.63, 3.8) is 0 Å². The van der Waals surface area contributed by atoms with Crippen molar-refractivity contribution in [1.29, 1.82) is 0 Å². The molecule has 0 saturated carbocycles. The summed E-state index contributed by atoms with van der Waals surface area (Å²) < 4.78 is 27.6. The Morgan fingerprint density at radius 3 is 2.58 bits per heavy atom. The lowest BCUT2D eigenvalue weighted by atomic mass is 9.99. The Morgan fingerprint density at radius 2 is 1.94 bits per heavy atom. The predicted molar refractivity (Wildman–Crippen MR) is 117 cm³/mol. The first kappa shape index (κ1) is 21.0. The highest BCUT2D eigenvalue weighted by molar-refractivity contribution is 7.15. The van der Waals surface area contributed by atoms with Crippen LogP contribution in [0.3, 0.4) is 0 Å². The minimum Gasteiger partial charge on any atom is -0.343 e. The van der Waals surface area contributed by atoms with Crippen molar-refractivity contribution >= 4 is 33.8 Å². The number of halogens is 2. The van der Waals surface area contributed by atoms with E-state index >= 15 is 0 Å². The van der Waals surface area contributed by atoms with E-state index in [9.17, 15) is 13.6 Å². The van der Waals surface area contributed by atoms with Crippen molar-refractivity contribution < 1.29 is 13.6 Å². The van der Waals surface area contributed by atoms with Gasteiger partial charge in [0.15, 0.2) is 10.9 Å². The summed E-state index contributed by atoms with van der Waals surface area (Å²) in [5, 5.41) is 3.39. The van der Waals surface area contributed by atoms with Gasteiger partial charge in [-0.2, -0.15) is 0 Å². The molecule has 6 nitrogen and oxygen atoms in total. The maximum absolute atomic E-state index is 13.8. The van der Waals surface area contributed by atoms with Crippen LogP contribution in [-0.2, 0) is 6.42 Å². The number of benzene rings is 1. The molecule has 160 valence electrons. The van der Waals surface area contributed by atoms with Gasteiger partial charge in [-0.3, -0.25) is 9.78 Å². The van der Waals surface area contributed by atoms with Crippen molar-refractivity contribution in [3.8, 4) is 0 Å². The summed E-state index contributed by atoms with van der Waals surface area (Å²) in [6, 6.07) is 3.26. The van der Waals surface area contributed by atoms with E-state index in [0.29, 0.717) is 12.2 Å². The van der Waals surface area contributed by atoms with Crippen molar-refractivity contribution in [1.82, 2.24) is 15.0 Å². The van der Waals surface area contributed by atoms with Gasteiger partial charge in [0.2, 0.25) is 0 Å². The third kappa shape index (κ3) is 4.46. The molecule has 0 bridgehead atoms. The van der Waals surface area contributed by atoms with Gasteiger partial charge in [0.1, 0.15) is 17.2 Å². The van der Waals surface area contributed by atoms with Gasteiger partial charge in [0.05, 0.1) is 18.1 Å². The summed E-state index contributed by atoms with van der Waals surface area (Å²) in [5.74, 6) is -2.65. The Hall–Kier alpha value is -3.20. The van der Waals surface area contributed by atoms with Crippen LogP contribution in [0.25, 0.3) is 5.57 Å². The van der Waals surface area contributed by atoms with Crippen LogP contribution >= 0.6 is 11.3 Å². The minimum atomic E-state index is -0.932. The van der Waals surface area contributed by atoms with Gasteiger partial charge in [0, 0.05) is 24.2 Å². The van der Waals surface area contributed by atoms with Crippen LogP contribution in [-0.4, -0.2) is 33.9 Å². The molecule has 4 rings (SSSR count). The van der Waals surface area contributed by atoms with E-state index in [1.807, 2.05) is 6.20 Å². The molecule has 2 aromatic heterocycles. The quantitative estimate of drug-likeness (QED) is 0.621. The van der Waals surface area contributed by atoms with E-state index in [2.05, 4.69) is 39.0 Å². The molecule has 0 saturated heterocycles. The van der Waals surface area contributed by atoms with Crippen LogP contribution in [0.15, 0.2) is 42.4 Å². The summed E-state index contributed by atoms with van der Waals surface area (Å²) >= 11 is 1.69. The number of amides is 1. The highest BCUT2D eigenvalue weighted by Crippen LogP contribution is 2.31. The summed E-state index contributed by atoms with van der Waals surface area (Å²) in [7, 11) is 0. The van der Waals surface area contributed by atoms with E-state index in [1.165, 1.54) is 22.7 Å². The van der Waals surface area contributed by atoms with Gasteiger partial charge >= 0.3 is 0 Å². The number of thiazole rings is 1.